The maximum atomic E-state index is 11.9. The lowest BCUT2D eigenvalue weighted by atomic mass is 9.92. The number of nitriles is 1. The van der Waals surface area contributed by atoms with Gasteiger partial charge in [-0.2, -0.15) is 5.26 Å². The number of rotatable bonds is 25. The number of carbonyl (C=O) groups excluding carboxylic acids is 9. The van der Waals surface area contributed by atoms with Crippen molar-refractivity contribution in [3.63, 3.8) is 0 Å². The van der Waals surface area contributed by atoms with Crippen molar-refractivity contribution >= 4 is 64.5 Å². The lowest BCUT2D eigenvalue weighted by Gasteiger charge is -2.19. The highest BCUT2D eigenvalue weighted by Gasteiger charge is 2.20. The lowest BCUT2D eigenvalue weighted by molar-refractivity contribution is -0.147. The molecule has 1 atom stereocenters. The van der Waals surface area contributed by atoms with Crippen molar-refractivity contribution in [1.29, 1.82) is 5.26 Å². The van der Waals surface area contributed by atoms with Crippen molar-refractivity contribution in [2.45, 2.75) is 180 Å². The van der Waals surface area contributed by atoms with E-state index in [4.69, 9.17) is 14.7 Å². The standard InChI is InChI=1S/C18H22.C15H12N2O.C14H21NO2.C12H16N2O2.C11H15NO.C10H20N2O2.C8H17NO2.C5H8O.C3H8/c1-3-9-15-11-5-7-13-17(15)18-14-8-6-12-16(18)10-4-2;1-11-2-6-13(7-3-11)15(18)17-14-8-4-12(10-16)5-9-14;1-5-15(6-2)14(16)10-17-13-8-7-11(3)9-12(13)4;1-13(2)11(15)9-7-5-6-8-10(9)12(16)14(3)4;1-4-11(13)12(3)10-7-5-9(2)6-8-10;1-11(2)9(13)7-5-6-8-10(14)12(3)4;1-5-11-8(10)7(2)6-9(3)4;6-5-3-1-2-4-5;1-3-2/h5-8,11-14H,3-4,9-10H2,1-2H3;2-9H,1H3,(H,17,18);7-9H,5-6,10H2,1-4H3;5-8H,1-4H3;5-8H,4H2,1-3H3;5-8H2,1-4H3;7H,5-6H2,1-4H3;1-4H2;3H2,1-2H3. The number of anilines is 2. The van der Waals surface area contributed by atoms with Gasteiger partial charge in [0.2, 0.25) is 17.7 Å². The SMILES string of the molecule is CCC.CCC(=O)N(C)c1ccc(C)cc1.CCCc1ccccc1-c1ccccc1CCC.CCN(CC)C(=O)COc1ccc(C)cc1C.CCOC(=O)C(C)CN(C)C.CN(C)C(=O)CCCCC(=O)N(C)C.CN(C)C(=O)c1ccccc1C(=O)N(C)C.Cc1ccc(C(=O)Nc2ccc(C#N)cc2)cc1.O=C1CCCC1. The van der Waals surface area contributed by atoms with E-state index in [2.05, 4.69) is 87.6 Å². The summed E-state index contributed by atoms with van der Waals surface area (Å²) >= 11 is 0. The van der Waals surface area contributed by atoms with Crippen molar-refractivity contribution in [3.8, 4) is 22.9 Å². The summed E-state index contributed by atoms with van der Waals surface area (Å²) in [6, 6.07) is 54.6. The van der Waals surface area contributed by atoms with Crippen molar-refractivity contribution in [1.82, 2.24) is 29.4 Å². The molecular weight excluding hydrogens is 1460 g/mol. The third kappa shape index (κ3) is 43.6. The van der Waals surface area contributed by atoms with E-state index in [1.165, 1.54) is 62.4 Å². The number of aryl methyl sites for hydroxylation is 6. The zero-order chi connectivity index (χ0) is 87.8. The molecule has 0 bridgehead atoms. The number of hydrogen-bond donors (Lipinski definition) is 1. The molecule has 0 radical (unpaired) electrons. The smallest absolute Gasteiger partial charge is 0.309 e. The zero-order valence-corrected chi connectivity index (χ0v) is 74.7. The first kappa shape index (κ1) is 105. The van der Waals surface area contributed by atoms with E-state index in [9.17, 15) is 43.2 Å². The van der Waals surface area contributed by atoms with Crippen LogP contribution in [-0.4, -0.2) is 193 Å². The molecule has 7 aromatic carbocycles. The predicted octanol–water partition coefficient (Wildman–Crippen LogP) is 18.4. The number of esters is 1. The molecule has 7 amide bonds. The molecule has 0 aromatic heterocycles. The normalized spacial score (nSPS) is 10.8. The Balaban J connectivity index is 0.00000131. The van der Waals surface area contributed by atoms with Crippen molar-refractivity contribution in [2.24, 2.45) is 5.92 Å². The molecule has 0 spiro atoms. The Morgan fingerprint density at radius 3 is 1.31 bits per heavy atom. The molecule has 1 fully saturated rings. The number of hydrogen-bond acceptors (Lipinski definition) is 13. The summed E-state index contributed by atoms with van der Waals surface area (Å²) in [5.41, 5.74) is 14.1. The van der Waals surface area contributed by atoms with Crippen LogP contribution >= 0.6 is 0 Å². The van der Waals surface area contributed by atoms with Crippen molar-refractivity contribution in [2.75, 3.05) is 121 Å². The Bertz CT molecular complexity index is 3950. The largest absolute Gasteiger partial charge is 0.484 e. The van der Waals surface area contributed by atoms with Crippen LogP contribution in [0.4, 0.5) is 11.4 Å². The molecule has 1 saturated carbocycles. The van der Waals surface area contributed by atoms with Gasteiger partial charge in [0.15, 0.2) is 6.61 Å². The van der Waals surface area contributed by atoms with Crippen LogP contribution in [0.25, 0.3) is 11.1 Å². The lowest BCUT2D eigenvalue weighted by Crippen LogP contribution is -2.34. The number of likely N-dealkylation sites (N-methyl/N-ethyl adjacent to an activating group) is 1. The van der Waals surface area contributed by atoms with E-state index in [0.29, 0.717) is 59.6 Å². The molecule has 0 aliphatic heterocycles. The van der Waals surface area contributed by atoms with Crippen LogP contribution in [0.15, 0.2) is 164 Å². The van der Waals surface area contributed by atoms with Gasteiger partial charge in [0.1, 0.15) is 11.5 Å². The molecule has 1 aliphatic rings. The zero-order valence-electron chi connectivity index (χ0n) is 74.7. The Hall–Kier alpha value is -10.8. The molecule has 7 aromatic rings. The highest BCUT2D eigenvalue weighted by Crippen LogP contribution is 2.29. The van der Waals surface area contributed by atoms with Crippen LogP contribution < -0.4 is 15.0 Å². The van der Waals surface area contributed by atoms with Crippen LogP contribution in [0.2, 0.25) is 0 Å². The molecular formula is C96H139N9O11. The summed E-state index contributed by atoms with van der Waals surface area (Å²) in [6.45, 7) is 29.1. The Labute approximate surface area is 696 Å². The van der Waals surface area contributed by atoms with Crippen LogP contribution in [0.1, 0.15) is 209 Å². The third-order valence-corrected chi connectivity index (χ3v) is 17.6. The summed E-state index contributed by atoms with van der Waals surface area (Å²) < 4.78 is 10.4. The maximum Gasteiger partial charge on any atom is 0.309 e. The number of nitrogens with zero attached hydrogens (tertiary/aromatic N) is 8. The van der Waals surface area contributed by atoms with E-state index >= 15 is 0 Å². The van der Waals surface area contributed by atoms with Gasteiger partial charge in [0.25, 0.3) is 23.6 Å². The molecule has 1 unspecified atom stereocenters. The number of carbonyl (C=O) groups is 9. The first-order chi connectivity index (χ1) is 55.1. The number of nitrogens with one attached hydrogen (secondary N) is 1. The van der Waals surface area contributed by atoms with Crippen LogP contribution in [0, 0.1) is 44.9 Å². The second kappa shape index (κ2) is 60.7. The number of unbranched alkanes of at least 4 members (excludes halogenated alkanes) is 1. The maximum absolute atomic E-state index is 11.9. The second-order valence-corrected chi connectivity index (χ2v) is 29.2. The van der Waals surface area contributed by atoms with Gasteiger partial charge in [-0.1, -0.05) is 175 Å². The second-order valence-electron chi connectivity index (χ2n) is 29.2. The summed E-state index contributed by atoms with van der Waals surface area (Å²) in [7, 11) is 19.3. The van der Waals surface area contributed by atoms with E-state index in [1.807, 2.05) is 136 Å². The van der Waals surface area contributed by atoms with Gasteiger partial charge < -0.3 is 49.1 Å². The van der Waals surface area contributed by atoms with Gasteiger partial charge in [-0.3, -0.25) is 43.2 Å². The minimum Gasteiger partial charge on any atom is -0.484 e. The molecule has 8 rings (SSSR count). The van der Waals surface area contributed by atoms with E-state index in [1.54, 1.807) is 144 Å². The van der Waals surface area contributed by atoms with E-state index < -0.39 is 0 Å². The summed E-state index contributed by atoms with van der Waals surface area (Å²) in [6.07, 6.45) is 13.1. The van der Waals surface area contributed by atoms with Crippen LogP contribution in [-0.2, 0) is 46.3 Å². The Morgan fingerprint density at radius 2 is 0.940 bits per heavy atom. The monoisotopic (exact) mass is 1590 g/mol. The molecule has 0 heterocycles. The molecule has 1 aliphatic carbocycles. The summed E-state index contributed by atoms with van der Waals surface area (Å²) in [5.74, 6) is 1.07. The first-order valence-corrected chi connectivity index (χ1v) is 40.7. The summed E-state index contributed by atoms with van der Waals surface area (Å²) in [5, 5.41) is 11.5. The minimum atomic E-state index is -0.161. The summed E-state index contributed by atoms with van der Waals surface area (Å²) in [4.78, 5) is 114. The Kier molecular flexibility index (Phi) is 55.1. The number of benzene rings is 7. The molecule has 20 heteroatoms. The van der Waals surface area contributed by atoms with Gasteiger partial charge in [0, 0.05) is 132 Å². The topological polar surface area (TPSA) is 231 Å². The van der Waals surface area contributed by atoms with Gasteiger partial charge in [-0.15, -0.1) is 0 Å². The number of ketones is 1. The first-order valence-electron chi connectivity index (χ1n) is 40.7. The average molecular weight is 1600 g/mol. The highest BCUT2D eigenvalue weighted by atomic mass is 16.5. The molecule has 0 saturated heterocycles. The quantitative estimate of drug-likeness (QED) is 0.0415. The van der Waals surface area contributed by atoms with Crippen LogP contribution in [0.3, 0.4) is 0 Å². The average Bonchev–Trinajstić information content (AvgIpc) is 0.865. The van der Waals surface area contributed by atoms with Crippen molar-refractivity contribution < 1.29 is 52.6 Å². The fraction of sp³-hybridized carbons (Fsp3) is 0.458. The third-order valence-electron chi connectivity index (χ3n) is 17.6. The number of ether oxygens (including phenoxy) is 2. The van der Waals surface area contributed by atoms with Gasteiger partial charge >= 0.3 is 5.97 Å². The fourth-order valence-electron chi connectivity index (χ4n) is 11.0. The van der Waals surface area contributed by atoms with E-state index in [0.717, 1.165) is 93.6 Å². The molecule has 116 heavy (non-hydrogen) atoms. The van der Waals surface area contributed by atoms with Gasteiger partial charge in [-0.25, -0.2) is 0 Å². The highest BCUT2D eigenvalue weighted by molar-refractivity contribution is 6.07. The molecule has 20 nitrogen and oxygen atoms in total. The Morgan fingerprint density at radius 1 is 0.509 bits per heavy atom. The molecule has 634 valence electrons. The minimum absolute atomic E-state index is 0.0232. The predicted molar refractivity (Wildman–Crippen MR) is 477 cm³/mol. The number of amides is 7. The molecule has 1 N–H and O–H groups in total. The van der Waals surface area contributed by atoms with E-state index in [-0.39, 0.29) is 59.8 Å². The van der Waals surface area contributed by atoms with Gasteiger partial charge in [-0.05, 0) is 196 Å². The van der Waals surface area contributed by atoms with Crippen molar-refractivity contribution in [3.05, 3.63) is 219 Å². The fourth-order valence-corrected chi connectivity index (χ4v) is 11.0. The number of Topliss-reactive ketones (excluding diaryl/α,β-unsaturated/α-hetero) is 1. The van der Waals surface area contributed by atoms with Gasteiger partial charge in [0.05, 0.1) is 35.3 Å². The van der Waals surface area contributed by atoms with Crippen LogP contribution in [0.5, 0.6) is 5.75 Å².